The molecule has 0 aliphatic heterocycles. The zero-order valence-electron chi connectivity index (χ0n) is 5.64. The van der Waals surface area contributed by atoms with Crippen LogP contribution >= 0.6 is 15.9 Å². The predicted octanol–water partition coefficient (Wildman–Crippen LogP) is 1.97. The fraction of sp³-hybridized carbons (Fsp3) is 0.125. The second-order valence-electron chi connectivity index (χ2n) is 1.80. The molecule has 1 aromatic rings. The summed E-state index contributed by atoms with van der Waals surface area (Å²) < 4.78 is 12.3. The van der Waals surface area contributed by atoms with E-state index in [9.17, 15) is 4.39 Å². The summed E-state index contributed by atoms with van der Waals surface area (Å²) >= 11 is 3.15. The van der Waals surface area contributed by atoms with Crippen molar-refractivity contribution in [3.05, 3.63) is 29.8 Å². The molecule has 11 heavy (non-hydrogen) atoms. The topological polar surface area (TPSA) is 12.9 Å². The Morgan fingerprint density at radius 3 is 2.91 bits per heavy atom. The lowest BCUT2D eigenvalue weighted by Crippen LogP contribution is -1.82. The zero-order chi connectivity index (χ0) is 8.10. The van der Waals surface area contributed by atoms with Crippen LogP contribution in [0.25, 0.3) is 0 Å². The Morgan fingerprint density at radius 1 is 1.55 bits per heavy atom. The summed E-state index contributed by atoms with van der Waals surface area (Å²) in [4.78, 5) is 3.75. The highest BCUT2D eigenvalue weighted by Gasteiger charge is 1.88. The largest absolute Gasteiger partial charge is 0.245 e. The third-order valence-electron chi connectivity index (χ3n) is 1.01. The summed E-state index contributed by atoms with van der Waals surface area (Å²) in [6.07, 6.45) is 1.15. The molecule has 0 amide bonds. The van der Waals surface area contributed by atoms with Gasteiger partial charge in [-0.25, -0.2) is 9.37 Å². The summed E-state index contributed by atoms with van der Waals surface area (Å²) in [6.45, 7) is 0. The minimum absolute atomic E-state index is 0.339. The molecule has 0 aliphatic carbocycles. The van der Waals surface area contributed by atoms with Crippen LogP contribution in [-0.2, 0) is 0 Å². The highest BCUT2D eigenvalue weighted by Crippen LogP contribution is 1.95. The second-order valence-corrected chi connectivity index (χ2v) is 2.36. The van der Waals surface area contributed by atoms with Crippen LogP contribution in [0, 0.1) is 17.7 Å². The van der Waals surface area contributed by atoms with Gasteiger partial charge in [0.15, 0.2) is 0 Å². The standard InChI is InChI=1S/C8H5BrFN/c9-5-1-2-8-4-3-7(10)6-11-8/h3-4,6H,5H2. The van der Waals surface area contributed by atoms with Crippen molar-refractivity contribution >= 4 is 15.9 Å². The van der Waals surface area contributed by atoms with Crippen LogP contribution in [0.1, 0.15) is 5.69 Å². The summed E-state index contributed by atoms with van der Waals surface area (Å²) in [5.41, 5.74) is 0.589. The van der Waals surface area contributed by atoms with Crippen molar-refractivity contribution in [3.8, 4) is 11.8 Å². The number of aromatic nitrogens is 1. The van der Waals surface area contributed by atoms with Crippen molar-refractivity contribution in [2.45, 2.75) is 0 Å². The van der Waals surface area contributed by atoms with E-state index >= 15 is 0 Å². The Morgan fingerprint density at radius 2 is 2.36 bits per heavy atom. The molecule has 0 atom stereocenters. The van der Waals surface area contributed by atoms with Gasteiger partial charge in [-0.15, -0.1) is 0 Å². The summed E-state index contributed by atoms with van der Waals surface area (Å²) in [7, 11) is 0. The second kappa shape index (κ2) is 4.09. The maximum atomic E-state index is 12.3. The molecule has 0 saturated heterocycles. The average molecular weight is 214 g/mol. The smallest absolute Gasteiger partial charge is 0.141 e. The molecule has 0 N–H and O–H groups in total. The molecule has 0 fully saturated rings. The van der Waals surface area contributed by atoms with Gasteiger partial charge in [0.25, 0.3) is 0 Å². The van der Waals surface area contributed by atoms with Crippen LogP contribution in [0.4, 0.5) is 4.39 Å². The molecule has 0 radical (unpaired) electrons. The molecule has 3 heteroatoms. The first-order valence-electron chi connectivity index (χ1n) is 2.99. The van der Waals surface area contributed by atoms with Gasteiger partial charge in [0, 0.05) is 0 Å². The number of hydrogen-bond acceptors (Lipinski definition) is 1. The number of hydrogen-bond donors (Lipinski definition) is 0. The Bertz CT molecular complexity index is 283. The zero-order valence-corrected chi connectivity index (χ0v) is 7.23. The van der Waals surface area contributed by atoms with Crippen molar-refractivity contribution in [1.29, 1.82) is 0 Å². The first-order valence-corrected chi connectivity index (χ1v) is 4.11. The fourth-order valence-electron chi connectivity index (χ4n) is 0.574. The van der Waals surface area contributed by atoms with Crippen LogP contribution in [-0.4, -0.2) is 10.3 Å². The van der Waals surface area contributed by atoms with Crippen molar-refractivity contribution in [2.24, 2.45) is 0 Å². The molecule has 1 rings (SSSR count). The van der Waals surface area contributed by atoms with E-state index in [2.05, 4.69) is 32.8 Å². The Balaban J connectivity index is 2.82. The molecule has 0 bridgehead atoms. The lowest BCUT2D eigenvalue weighted by Gasteiger charge is -1.87. The van der Waals surface area contributed by atoms with E-state index < -0.39 is 0 Å². The molecule has 0 aromatic carbocycles. The molecular weight excluding hydrogens is 209 g/mol. The quantitative estimate of drug-likeness (QED) is 0.475. The van der Waals surface area contributed by atoms with Crippen LogP contribution in [0.15, 0.2) is 18.3 Å². The molecule has 1 heterocycles. The Labute approximate surface area is 72.8 Å². The fourth-order valence-corrected chi connectivity index (χ4v) is 0.714. The normalized spacial score (nSPS) is 8.55. The van der Waals surface area contributed by atoms with Gasteiger partial charge in [0.05, 0.1) is 11.5 Å². The molecular formula is C8H5BrFN. The molecule has 1 aromatic heterocycles. The highest BCUT2D eigenvalue weighted by atomic mass is 79.9. The maximum absolute atomic E-state index is 12.3. The van der Waals surface area contributed by atoms with Crippen molar-refractivity contribution in [3.63, 3.8) is 0 Å². The van der Waals surface area contributed by atoms with E-state index in [4.69, 9.17) is 0 Å². The molecule has 0 saturated carbocycles. The summed E-state index contributed by atoms with van der Waals surface area (Å²) in [5, 5.41) is 0.603. The first-order chi connectivity index (χ1) is 5.33. The van der Waals surface area contributed by atoms with Crippen molar-refractivity contribution in [1.82, 2.24) is 4.98 Å². The monoisotopic (exact) mass is 213 g/mol. The predicted molar refractivity (Wildman–Crippen MR) is 44.9 cm³/mol. The van der Waals surface area contributed by atoms with Gasteiger partial charge >= 0.3 is 0 Å². The molecule has 0 spiro atoms. The van der Waals surface area contributed by atoms with Crippen LogP contribution in [0.2, 0.25) is 0 Å². The number of pyridine rings is 1. The van der Waals surface area contributed by atoms with E-state index in [1.165, 1.54) is 6.07 Å². The third kappa shape index (κ3) is 2.69. The number of nitrogens with zero attached hydrogens (tertiary/aromatic N) is 1. The number of halogens is 2. The summed E-state index contributed by atoms with van der Waals surface area (Å²) in [5.74, 6) is 5.17. The lowest BCUT2D eigenvalue weighted by atomic mass is 10.3. The van der Waals surface area contributed by atoms with Gasteiger partial charge in [0.2, 0.25) is 0 Å². The van der Waals surface area contributed by atoms with E-state index in [1.54, 1.807) is 6.07 Å². The van der Waals surface area contributed by atoms with E-state index in [-0.39, 0.29) is 5.82 Å². The average Bonchev–Trinajstić information content (AvgIpc) is 2.04. The van der Waals surface area contributed by atoms with Gasteiger partial charge in [-0.3, -0.25) is 0 Å². The van der Waals surface area contributed by atoms with Gasteiger partial charge in [-0.05, 0) is 18.1 Å². The van der Waals surface area contributed by atoms with Gasteiger partial charge < -0.3 is 0 Å². The van der Waals surface area contributed by atoms with Crippen LogP contribution in [0.5, 0.6) is 0 Å². The van der Waals surface area contributed by atoms with Gasteiger partial charge in [-0.1, -0.05) is 21.9 Å². The van der Waals surface area contributed by atoms with Crippen LogP contribution in [0.3, 0.4) is 0 Å². The van der Waals surface area contributed by atoms with Gasteiger partial charge in [0.1, 0.15) is 11.5 Å². The highest BCUT2D eigenvalue weighted by molar-refractivity contribution is 9.09. The Kier molecular flexibility index (Phi) is 3.06. The molecule has 1 nitrogen and oxygen atoms in total. The minimum atomic E-state index is -0.339. The lowest BCUT2D eigenvalue weighted by molar-refractivity contribution is 0.621. The first kappa shape index (κ1) is 8.22. The van der Waals surface area contributed by atoms with Crippen LogP contribution < -0.4 is 0 Å². The number of rotatable bonds is 0. The maximum Gasteiger partial charge on any atom is 0.141 e. The van der Waals surface area contributed by atoms with E-state index in [1.807, 2.05) is 0 Å². The van der Waals surface area contributed by atoms with E-state index in [0.717, 1.165) is 6.20 Å². The summed E-state index contributed by atoms with van der Waals surface area (Å²) in [6, 6.07) is 2.89. The molecule has 56 valence electrons. The van der Waals surface area contributed by atoms with Gasteiger partial charge in [-0.2, -0.15) is 0 Å². The number of alkyl halides is 1. The SMILES string of the molecule is Fc1ccc(C#CCBr)nc1. The van der Waals surface area contributed by atoms with Crippen molar-refractivity contribution in [2.75, 3.05) is 5.33 Å². The van der Waals surface area contributed by atoms with Crippen molar-refractivity contribution < 1.29 is 4.39 Å². The third-order valence-corrected chi connectivity index (χ3v) is 1.29. The van der Waals surface area contributed by atoms with E-state index in [0.29, 0.717) is 11.0 Å². The Hall–Kier alpha value is -0.880. The molecule has 0 unspecified atom stereocenters. The molecule has 0 aliphatic rings. The minimum Gasteiger partial charge on any atom is -0.245 e.